The van der Waals surface area contributed by atoms with Gasteiger partial charge in [0, 0.05) is 18.7 Å². The molecule has 1 saturated carbocycles. The molecule has 0 bridgehead atoms. The molecule has 1 aliphatic carbocycles. The Hall–Kier alpha value is -2.11. The normalized spacial score (nSPS) is 15.3. The fourth-order valence-electron chi connectivity index (χ4n) is 2.46. The van der Waals surface area contributed by atoms with Crippen LogP contribution in [0.5, 0.6) is 0 Å². The van der Waals surface area contributed by atoms with Gasteiger partial charge in [0.05, 0.1) is 10.5 Å². The van der Waals surface area contributed by atoms with Crippen molar-refractivity contribution in [2.45, 2.75) is 39.2 Å². The molecule has 1 atom stereocenters. The summed E-state index contributed by atoms with van der Waals surface area (Å²) in [5.74, 6) is 0.460. The molecule has 1 aliphatic rings. The lowest BCUT2D eigenvalue weighted by Crippen LogP contribution is -2.33. The zero-order valence-corrected chi connectivity index (χ0v) is 12.4. The van der Waals surface area contributed by atoms with E-state index in [-0.39, 0.29) is 17.6 Å². The molecule has 0 saturated heterocycles. The molecule has 1 aromatic rings. The van der Waals surface area contributed by atoms with E-state index >= 15 is 0 Å². The summed E-state index contributed by atoms with van der Waals surface area (Å²) < 4.78 is 0. The number of rotatable bonds is 7. The molecule has 114 valence electrons. The fourth-order valence-corrected chi connectivity index (χ4v) is 2.46. The Bertz CT molecular complexity index is 541. The summed E-state index contributed by atoms with van der Waals surface area (Å²) >= 11 is 0. The van der Waals surface area contributed by atoms with Crippen molar-refractivity contribution in [2.24, 2.45) is 5.92 Å². The standard InChI is InChI=1S/C15H21N3O3/c1-3-16-14-12(5-4-6-13(14)18(20)21)15(19)17-10(2)9-11-7-8-11/h4-6,10-11,16H,3,7-9H2,1-2H3,(H,17,19). The summed E-state index contributed by atoms with van der Waals surface area (Å²) in [6, 6.07) is 4.64. The Labute approximate surface area is 124 Å². The molecule has 0 radical (unpaired) electrons. The molecule has 21 heavy (non-hydrogen) atoms. The number of para-hydroxylation sites is 1. The lowest BCUT2D eigenvalue weighted by Gasteiger charge is -2.15. The SMILES string of the molecule is CCNc1c(C(=O)NC(C)CC2CC2)cccc1[N+](=O)[O-]. The maximum Gasteiger partial charge on any atom is 0.293 e. The number of hydrogen-bond donors (Lipinski definition) is 2. The predicted octanol–water partition coefficient (Wildman–Crippen LogP) is 2.95. The van der Waals surface area contributed by atoms with Gasteiger partial charge >= 0.3 is 0 Å². The minimum absolute atomic E-state index is 0.0701. The summed E-state index contributed by atoms with van der Waals surface area (Å²) in [6.45, 7) is 4.33. The Kier molecular flexibility index (Phi) is 4.77. The van der Waals surface area contributed by atoms with Crippen molar-refractivity contribution in [1.29, 1.82) is 0 Å². The van der Waals surface area contributed by atoms with Gasteiger partial charge in [-0.15, -0.1) is 0 Å². The smallest absolute Gasteiger partial charge is 0.293 e. The topological polar surface area (TPSA) is 84.3 Å². The van der Waals surface area contributed by atoms with Gasteiger partial charge in [-0.05, 0) is 32.3 Å². The number of nitro benzene ring substituents is 1. The second-order valence-electron chi connectivity index (χ2n) is 5.54. The monoisotopic (exact) mass is 291 g/mol. The van der Waals surface area contributed by atoms with Gasteiger partial charge in [0.1, 0.15) is 5.69 Å². The van der Waals surface area contributed by atoms with Crippen LogP contribution in [0.3, 0.4) is 0 Å². The molecule has 2 rings (SSSR count). The van der Waals surface area contributed by atoms with E-state index in [0.717, 1.165) is 12.3 Å². The number of benzene rings is 1. The molecular weight excluding hydrogens is 270 g/mol. The van der Waals surface area contributed by atoms with E-state index in [1.54, 1.807) is 12.1 Å². The van der Waals surface area contributed by atoms with Gasteiger partial charge in [-0.3, -0.25) is 14.9 Å². The first kappa shape index (κ1) is 15.3. The van der Waals surface area contributed by atoms with Crippen LogP contribution in [0, 0.1) is 16.0 Å². The zero-order valence-electron chi connectivity index (χ0n) is 12.4. The van der Waals surface area contributed by atoms with E-state index in [0.29, 0.717) is 17.8 Å². The van der Waals surface area contributed by atoms with Crippen LogP contribution in [0.2, 0.25) is 0 Å². The van der Waals surface area contributed by atoms with Crippen molar-refractivity contribution < 1.29 is 9.72 Å². The molecule has 6 nitrogen and oxygen atoms in total. The van der Waals surface area contributed by atoms with Gasteiger partial charge < -0.3 is 10.6 Å². The van der Waals surface area contributed by atoms with E-state index in [1.807, 2.05) is 13.8 Å². The van der Waals surface area contributed by atoms with Gasteiger partial charge in [-0.2, -0.15) is 0 Å². The van der Waals surface area contributed by atoms with Crippen molar-refractivity contribution in [3.63, 3.8) is 0 Å². The molecular formula is C15H21N3O3. The van der Waals surface area contributed by atoms with Gasteiger partial charge in [-0.1, -0.05) is 18.9 Å². The number of anilines is 1. The van der Waals surface area contributed by atoms with E-state index < -0.39 is 4.92 Å². The average Bonchev–Trinajstić information content (AvgIpc) is 3.22. The molecule has 1 aromatic carbocycles. The Morgan fingerprint density at radius 2 is 2.19 bits per heavy atom. The second-order valence-corrected chi connectivity index (χ2v) is 5.54. The molecule has 0 spiro atoms. The molecule has 0 aromatic heterocycles. The minimum atomic E-state index is -0.470. The van der Waals surface area contributed by atoms with Crippen LogP contribution in [0.25, 0.3) is 0 Å². The first-order chi connectivity index (χ1) is 10.0. The second kappa shape index (κ2) is 6.56. The number of carbonyl (C=O) groups excluding carboxylic acids is 1. The van der Waals surface area contributed by atoms with Crippen molar-refractivity contribution in [1.82, 2.24) is 5.32 Å². The van der Waals surface area contributed by atoms with E-state index in [4.69, 9.17) is 0 Å². The summed E-state index contributed by atoms with van der Waals surface area (Å²) in [6.07, 6.45) is 3.44. The number of amides is 1. The lowest BCUT2D eigenvalue weighted by molar-refractivity contribution is -0.384. The van der Waals surface area contributed by atoms with Gasteiger partial charge in [-0.25, -0.2) is 0 Å². The lowest BCUT2D eigenvalue weighted by atomic mass is 10.1. The molecule has 1 amide bonds. The Balaban J connectivity index is 2.18. The highest BCUT2D eigenvalue weighted by Crippen LogP contribution is 2.33. The number of nitrogens with one attached hydrogen (secondary N) is 2. The summed E-state index contributed by atoms with van der Waals surface area (Å²) in [5.41, 5.74) is 0.550. The first-order valence-corrected chi connectivity index (χ1v) is 7.35. The van der Waals surface area contributed by atoms with Crippen LogP contribution in [0.1, 0.15) is 43.5 Å². The third-order valence-corrected chi connectivity index (χ3v) is 3.60. The van der Waals surface area contributed by atoms with E-state index in [1.165, 1.54) is 18.9 Å². The quantitative estimate of drug-likeness (QED) is 0.597. The highest BCUT2D eigenvalue weighted by Gasteiger charge is 2.26. The third kappa shape index (κ3) is 3.93. The molecule has 1 fully saturated rings. The number of carbonyl (C=O) groups is 1. The van der Waals surface area contributed by atoms with Crippen LogP contribution >= 0.6 is 0 Å². The maximum atomic E-state index is 12.4. The van der Waals surface area contributed by atoms with Crippen molar-refractivity contribution in [2.75, 3.05) is 11.9 Å². The zero-order chi connectivity index (χ0) is 15.4. The summed E-state index contributed by atoms with van der Waals surface area (Å²) in [7, 11) is 0. The minimum Gasteiger partial charge on any atom is -0.379 e. The van der Waals surface area contributed by atoms with Crippen molar-refractivity contribution in [3.05, 3.63) is 33.9 Å². The average molecular weight is 291 g/mol. The molecule has 0 aliphatic heterocycles. The van der Waals surface area contributed by atoms with Crippen molar-refractivity contribution in [3.8, 4) is 0 Å². The van der Waals surface area contributed by atoms with Crippen molar-refractivity contribution >= 4 is 17.3 Å². The van der Waals surface area contributed by atoms with E-state index in [9.17, 15) is 14.9 Å². The summed E-state index contributed by atoms with van der Waals surface area (Å²) in [5, 5.41) is 16.9. The Morgan fingerprint density at radius 3 is 2.76 bits per heavy atom. The van der Waals surface area contributed by atoms with Gasteiger partial charge in [0.2, 0.25) is 0 Å². The first-order valence-electron chi connectivity index (χ1n) is 7.35. The fraction of sp³-hybridized carbons (Fsp3) is 0.533. The van der Waals surface area contributed by atoms with Crippen LogP contribution in [-0.2, 0) is 0 Å². The largest absolute Gasteiger partial charge is 0.379 e. The number of nitro groups is 1. The number of nitrogens with zero attached hydrogens (tertiary/aromatic N) is 1. The molecule has 0 heterocycles. The highest BCUT2D eigenvalue weighted by molar-refractivity contribution is 6.01. The number of hydrogen-bond acceptors (Lipinski definition) is 4. The van der Waals surface area contributed by atoms with Crippen LogP contribution in [0.15, 0.2) is 18.2 Å². The Morgan fingerprint density at radius 1 is 1.48 bits per heavy atom. The maximum absolute atomic E-state index is 12.4. The predicted molar refractivity (Wildman–Crippen MR) is 81.5 cm³/mol. The third-order valence-electron chi connectivity index (χ3n) is 3.60. The van der Waals surface area contributed by atoms with Crippen LogP contribution < -0.4 is 10.6 Å². The molecule has 6 heteroatoms. The van der Waals surface area contributed by atoms with Gasteiger partial charge in [0.15, 0.2) is 0 Å². The molecule has 2 N–H and O–H groups in total. The summed E-state index contributed by atoms with van der Waals surface area (Å²) in [4.78, 5) is 23.0. The van der Waals surface area contributed by atoms with Crippen LogP contribution in [-0.4, -0.2) is 23.4 Å². The van der Waals surface area contributed by atoms with Gasteiger partial charge in [0.25, 0.3) is 11.6 Å². The molecule has 1 unspecified atom stereocenters. The van der Waals surface area contributed by atoms with Crippen LogP contribution in [0.4, 0.5) is 11.4 Å². The van der Waals surface area contributed by atoms with E-state index in [2.05, 4.69) is 10.6 Å². The highest BCUT2D eigenvalue weighted by atomic mass is 16.6.